The van der Waals surface area contributed by atoms with Gasteiger partial charge in [0.1, 0.15) is 11.5 Å². The highest BCUT2D eigenvalue weighted by Gasteiger charge is 2.01. The number of nitrogens with one attached hydrogen (secondary N) is 1. The molecule has 0 aliphatic rings. The summed E-state index contributed by atoms with van der Waals surface area (Å²) in [6, 6.07) is 12.6. The standard InChI is InChI=1S/C15H19NO/c1-3-13-6-4-5-7-14(13)10-16-11-15-9-8-12(2)17-15/h4-9,16H,3,10-11H2,1-2H3. The van der Waals surface area contributed by atoms with Crippen LogP contribution in [-0.4, -0.2) is 0 Å². The lowest BCUT2D eigenvalue weighted by molar-refractivity contribution is 0.461. The molecule has 0 unspecified atom stereocenters. The molecule has 1 heterocycles. The van der Waals surface area contributed by atoms with Crippen molar-refractivity contribution in [2.24, 2.45) is 0 Å². The molecule has 0 spiro atoms. The van der Waals surface area contributed by atoms with E-state index in [4.69, 9.17) is 4.42 Å². The normalized spacial score (nSPS) is 10.7. The molecule has 1 aromatic heterocycles. The Morgan fingerprint density at radius 2 is 1.76 bits per heavy atom. The SMILES string of the molecule is CCc1ccccc1CNCc1ccc(C)o1. The first-order chi connectivity index (χ1) is 8.29. The second-order valence-electron chi connectivity index (χ2n) is 4.24. The van der Waals surface area contributed by atoms with E-state index in [2.05, 4.69) is 36.5 Å². The Bertz CT molecular complexity index is 473. The number of aryl methyl sites for hydroxylation is 2. The summed E-state index contributed by atoms with van der Waals surface area (Å²) in [6.45, 7) is 5.83. The van der Waals surface area contributed by atoms with Crippen LogP contribution in [0, 0.1) is 6.92 Å². The Morgan fingerprint density at radius 1 is 1.00 bits per heavy atom. The Morgan fingerprint density at radius 3 is 2.41 bits per heavy atom. The summed E-state index contributed by atoms with van der Waals surface area (Å²) in [7, 11) is 0. The van der Waals surface area contributed by atoms with Crippen LogP contribution >= 0.6 is 0 Å². The van der Waals surface area contributed by atoms with Crippen molar-refractivity contribution in [2.75, 3.05) is 0 Å². The molecule has 0 fully saturated rings. The second kappa shape index (κ2) is 5.69. The van der Waals surface area contributed by atoms with Gasteiger partial charge in [0, 0.05) is 6.54 Å². The minimum Gasteiger partial charge on any atom is -0.465 e. The van der Waals surface area contributed by atoms with Gasteiger partial charge in [0.15, 0.2) is 0 Å². The topological polar surface area (TPSA) is 25.2 Å². The van der Waals surface area contributed by atoms with Crippen LogP contribution in [-0.2, 0) is 19.5 Å². The van der Waals surface area contributed by atoms with E-state index >= 15 is 0 Å². The molecular weight excluding hydrogens is 210 g/mol. The number of rotatable bonds is 5. The van der Waals surface area contributed by atoms with Crippen molar-refractivity contribution in [2.45, 2.75) is 33.4 Å². The highest BCUT2D eigenvalue weighted by atomic mass is 16.3. The molecule has 0 aliphatic carbocycles. The highest BCUT2D eigenvalue weighted by Crippen LogP contribution is 2.10. The summed E-state index contributed by atoms with van der Waals surface area (Å²) in [5.74, 6) is 1.97. The Kier molecular flexibility index (Phi) is 3.99. The van der Waals surface area contributed by atoms with E-state index in [1.807, 2.05) is 19.1 Å². The molecule has 0 saturated carbocycles. The Balaban J connectivity index is 1.89. The first-order valence-corrected chi connectivity index (χ1v) is 6.12. The predicted molar refractivity (Wildman–Crippen MR) is 69.8 cm³/mol. The van der Waals surface area contributed by atoms with Gasteiger partial charge in [-0.2, -0.15) is 0 Å². The predicted octanol–water partition coefficient (Wildman–Crippen LogP) is 3.44. The van der Waals surface area contributed by atoms with Crippen LogP contribution in [0.25, 0.3) is 0 Å². The number of benzene rings is 1. The number of furan rings is 1. The van der Waals surface area contributed by atoms with Gasteiger partial charge in [-0.05, 0) is 36.6 Å². The van der Waals surface area contributed by atoms with Gasteiger partial charge < -0.3 is 9.73 Å². The van der Waals surface area contributed by atoms with Crippen molar-refractivity contribution in [1.29, 1.82) is 0 Å². The molecule has 2 heteroatoms. The average molecular weight is 229 g/mol. The highest BCUT2D eigenvalue weighted by molar-refractivity contribution is 5.26. The maximum atomic E-state index is 5.52. The third kappa shape index (κ3) is 3.21. The first kappa shape index (κ1) is 11.9. The molecule has 2 aromatic rings. The van der Waals surface area contributed by atoms with Gasteiger partial charge in [-0.15, -0.1) is 0 Å². The van der Waals surface area contributed by atoms with E-state index in [1.54, 1.807) is 0 Å². The minimum absolute atomic E-state index is 0.784. The molecule has 1 aromatic carbocycles. The molecule has 0 amide bonds. The lowest BCUT2D eigenvalue weighted by Gasteiger charge is -2.08. The van der Waals surface area contributed by atoms with Gasteiger partial charge in [0.05, 0.1) is 6.54 Å². The van der Waals surface area contributed by atoms with E-state index in [1.165, 1.54) is 11.1 Å². The Hall–Kier alpha value is -1.54. The van der Waals surface area contributed by atoms with Crippen LogP contribution in [0.15, 0.2) is 40.8 Å². The first-order valence-electron chi connectivity index (χ1n) is 6.12. The van der Waals surface area contributed by atoms with Gasteiger partial charge in [-0.1, -0.05) is 31.2 Å². The molecular formula is C15H19NO. The van der Waals surface area contributed by atoms with E-state index in [0.29, 0.717) is 0 Å². The maximum absolute atomic E-state index is 5.52. The third-order valence-electron chi connectivity index (χ3n) is 2.91. The fraction of sp³-hybridized carbons (Fsp3) is 0.333. The smallest absolute Gasteiger partial charge is 0.117 e. The lowest BCUT2D eigenvalue weighted by Crippen LogP contribution is -2.13. The van der Waals surface area contributed by atoms with Crippen LogP contribution in [0.1, 0.15) is 29.6 Å². The van der Waals surface area contributed by atoms with E-state index < -0.39 is 0 Å². The largest absolute Gasteiger partial charge is 0.465 e. The van der Waals surface area contributed by atoms with Crippen molar-refractivity contribution in [3.63, 3.8) is 0 Å². The summed E-state index contributed by atoms with van der Waals surface area (Å²) >= 11 is 0. The van der Waals surface area contributed by atoms with Crippen molar-refractivity contribution >= 4 is 0 Å². The van der Waals surface area contributed by atoms with Crippen LogP contribution in [0.3, 0.4) is 0 Å². The zero-order valence-electron chi connectivity index (χ0n) is 10.5. The fourth-order valence-corrected chi connectivity index (χ4v) is 1.98. The monoisotopic (exact) mass is 229 g/mol. The van der Waals surface area contributed by atoms with Crippen molar-refractivity contribution < 1.29 is 4.42 Å². The van der Waals surface area contributed by atoms with E-state index in [-0.39, 0.29) is 0 Å². The second-order valence-corrected chi connectivity index (χ2v) is 4.24. The van der Waals surface area contributed by atoms with Crippen molar-refractivity contribution in [3.8, 4) is 0 Å². The zero-order valence-corrected chi connectivity index (χ0v) is 10.5. The fourth-order valence-electron chi connectivity index (χ4n) is 1.98. The molecule has 0 bridgehead atoms. The van der Waals surface area contributed by atoms with Crippen LogP contribution < -0.4 is 5.32 Å². The summed E-state index contributed by atoms with van der Waals surface area (Å²) in [5, 5.41) is 3.41. The molecule has 2 nitrogen and oxygen atoms in total. The molecule has 0 atom stereocenters. The van der Waals surface area contributed by atoms with Crippen LogP contribution in [0.4, 0.5) is 0 Å². The van der Waals surface area contributed by atoms with E-state index in [0.717, 1.165) is 31.0 Å². The van der Waals surface area contributed by atoms with Gasteiger partial charge >= 0.3 is 0 Å². The lowest BCUT2D eigenvalue weighted by atomic mass is 10.1. The number of hydrogen-bond acceptors (Lipinski definition) is 2. The van der Waals surface area contributed by atoms with Gasteiger partial charge in [-0.25, -0.2) is 0 Å². The molecule has 0 aliphatic heterocycles. The molecule has 2 rings (SSSR count). The number of hydrogen-bond donors (Lipinski definition) is 1. The van der Waals surface area contributed by atoms with E-state index in [9.17, 15) is 0 Å². The van der Waals surface area contributed by atoms with Gasteiger partial charge in [0.2, 0.25) is 0 Å². The third-order valence-corrected chi connectivity index (χ3v) is 2.91. The molecule has 0 radical (unpaired) electrons. The molecule has 17 heavy (non-hydrogen) atoms. The summed E-state index contributed by atoms with van der Waals surface area (Å²) in [6.07, 6.45) is 1.08. The van der Waals surface area contributed by atoms with Crippen LogP contribution in [0.5, 0.6) is 0 Å². The van der Waals surface area contributed by atoms with Crippen molar-refractivity contribution in [3.05, 3.63) is 59.0 Å². The minimum atomic E-state index is 0.784. The summed E-state index contributed by atoms with van der Waals surface area (Å²) in [4.78, 5) is 0. The average Bonchev–Trinajstić information content (AvgIpc) is 2.76. The van der Waals surface area contributed by atoms with Crippen molar-refractivity contribution in [1.82, 2.24) is 5.32 Å². The molecule has 90 valence electrons. The van der Waals surface area contributed by atoms with Gasteiger partial charge in [0.25, 0.3) is 0 Å². The maximum Gasteiger partial charge on any atom is 0.117 e. The summed E-state index contributed by atoms with van der Waals surface area (Å²) in [5.41, 5.74) is 2.79. The quantitative estimate of drug-likeness (QED) is 0.849. The van der Waals surface area contributed by atoms with Gasteiger partial charge in [-0.3, -0.25) is 0 Å². The Labute approximate surface area is 103 Å². The summed E-state index contributed by atoms with van der Waals surface area (Å²) < 4.78 is 5.52. The van der Waals surface area contributed by atoms with Crippen LogP contribution in [0.2, 0.25) is 0 Å². The molecule has 0 saturated heterocycles. The zero-order chi connectivity index (χ0) is 12.1. The molecule has 1 N–H and O–H groups in total.